The van der Waals surface area contributed by atoms with Gasteiger partial charge in [0.1, 0.15) is 6.33 Å². The smallest absolute Gasteiger partial charge is 0.185 e. The normalized spacial score (nSPS) is 17.0. The van der Waals surface area contributed by atoms with Crippen LogP contribution in [-0.2, 0) is 11.2 Å². The molecule has 0 spiro atoms. The van der Waals surface area contributed by atoms with Crippen LogP contribution in [0.4, 0.5) is 0 Å². The topological polar surface area (TPSA) is 55.5 Å². The van der Waals surface area contributed by atoms with E-state index in [2.05, 4.69) is 64.4 Å². The summed E-state index contributed by atoms with van der Waals surface area (Å²) in [5.41, 5.74) is 5.38. The number of aryl methyl sites for hydroxylation is 1. The molecule has 0 bridgehead atoms. The molecule has 130 valence electrons. The van der Waals surface area contributed by atoms with Crippen molar-refractivity contribution in [2.45, 2.75) is 26.3 Å². The van der Waals surface area contributed by atoms with Crippen molar-refractivity contribution < 1.29 is 4.74 Å². The van der Waals surface area contributed by atoms with Gasteiger partial charge >= 0.3 is 0 Å². The average molecular weight is 337 g/mol. The van der Waals surface area contributed by atoms with E-state index in [1.807, 2.05) is 0 Å². The average Bonchev–Trinajstić information content (AvgIpc) is 3.16. The highest BCUT2D eigenvalue weighted by atomic mass is 16.5. The fourth-order valence-corrected chi connectivity index (χ4v) is 3.38. The highest BCUT2D eigenvalue weighted by Gasteiger charge is 2.18. The molecule has 0 radical (unpaired) electrons. The highest BCUT2D eigenvalue weighted by molar-refractivity contribution is 5.77. The van der Waals surface area contributed by atoms with Gasteiger partial charge in [0.05, 0.1) is 18.9 Å². The number of fused-ring (bicyclic) bond motifs is 1. The van der Waals surface area contributed by atoms with Crippen LogP contribution in [-0.4, -0.2) is 51.0 Å². The Morgan fingerprint density at radius 2 is 1.92 bits per heavy atom. The molecule has 1 atom stereocenters. The van der Waals surface area contributed by atoms with Gasteiger partial charge in [-0.25, -0.2) is 0 Å². The van der Waals surface area contributed by atoms with Crippen molar-refractivity contribution in [2.24, 2.45) is 0 Å². The van der Waals surface area contributed by atoms with Gasteiger partial charge < -0.3 is 4.74 Å². The third-order valence-corrected chi connectivity index (χ3v) is 4.98. The van der Waals surface area contributed by atoms with Gasteiger partial charge in [0.25, 0.3) is 0 Å². The molecule has 1 fully saturated rings. The molecule has 0 saturated carbocycles. The number of rotatable bonds is 4. The van der Waals surface area contributed by atoms with Crippen LogP contribution in [0.1, 0.15) is 31.1 Å². The molecular formula is C19H23N5O. The van der Waals surface area contributed by atoms with Crippen molar-refractivity contribution >= 4 is 5.65 Å². The van der Waals surface area contributed by atoms with Gasteiger partial charge in [-0.05, 0) is 30.5 Å². The van der Waals surface area contributed by atoms with E-state index in [9.17, 15) is 0 Å². The predicted molar refractivity (Wildman–Crippen MR) is 96.4 cm³/mol. The number of nitrogens with zero attached hydrogens (tertiary/aromatic N) is 5. The van der Waals surface area contributed by atoms with Crippen LogP contribution in [0.2, 0.25) is 0 Å². The highest BCUT2D eigenvalue weighted by Crippen LogP contribution is 2.27. The Morgan fingerprint density at radius 3 is 2.64 bits per heavy atom. The predicted octanol–water partition coefficient (Wildman–Crippen LogP) is 2.75. The first kappa shape index (κ1) is 16.2. The fourth-order valence-electron chi connectivity index (χ4n) is 3.38. The third-order valence-electron chi connectivity index (χ3n) is 4.98. The first-order valence-corrected chi connectivity index (χ1v) is 8.88. The van der Waals surface area contributed by atoms with Crippen LogP contribution in [0.3, 0.4) is 0 Å². The van der Waals surface area contributed by atoms with Crippen LogP contribution in [0, 0.1) is 0 Å². The molecule has 1 aliphatic heterocycles. The molecule has 25 heavy (non-hydrogen) atoms. The largest absolute Gasteiger partial charge is 0.379 e. The lowest BCUT2D eigenvalue weighted by Gasteiger charge is -2.32. The number of morpholine rings is 1. The lowest BCUT2D eigenvalue weighted by Crippen LogP contribution is -2.37. The van der Waals surface area contributed by atoms with Crippen molar-refractivity contribution in [3.63, 3.8) is 0 Å². The summed E-state index contributed by atoms with van der Waals surface area (Å²) < 4.78 is 7.22. The van der Waals surface area contributed by atoms with Gasteiger partial charge in [0, 0.05) is 24.7 Å². The number of aromatic nitrogens is 4. The quantitative estimate of drug-likeness (QED) is 0.733. The Labute approximate surface area is 147 Å². The van der Waals surface area contributed by atoms with Crippen LogP contribution in [0.25, 0.3) is 16.8 Å². The summed E-state index contributed by atoms with van der Waals surface area (Å²) in [6.45, 7) is 8.00. The Morgan fingerprint density at radius 1 is 1.16 bits per heavy atom. The van der Waals surface area contributed by atoms with Gasteiger partial charge in [-0.2, -0.15) is 9.61 Å². The molecule has 1 unspecified atom stereocenters. The molecule has 1 aliphatic rings. The minimum absolute atomic E-state index is 0.398. The second kappa shape index (κ2) is 6.90. The molecule has 3 aromatic rings. The van der Waals surface area contributed by atoms with Crippen LogP contribution >= 0.6 is 0 Å². The zero-order chi connectivity index (χ0) is 17.2. The van der Waals surface area contributed by atoms with E-state index in [0.29, 0.717) is 6.04 Å². The first-order valence-electron chi connectivity index (χ1n) is 8.88. The zero-order valence-electron chi connectivity index (χ0n) is 14.7. The Balaban J connectivity index is 1.65. The van der Waals surface area contributed by atoms with Gasteiger partial charge in [-0.15, -0.1) is 10.2 Å². The zero-order valence-corrected chi connectivity index (χ0v) is 14.7. The monoisotopic (exact) mass is 337 g/mol. The third kappa shape index (κ3) is 3.15. The second-order valence-corrected chi connectivity index (χ2v) is 6.45. The standard InChI is InChI=1S/C19H23N5O/c1-3-17-12-18(19-21-20-13-24(19)22-17)16-6-4-15(5-7-16)14(2)23-8-10-25-11-9-23/h4-7,12-14H,3,8-11H2,1-2H3. The summed E-state index contributed by atoms with van der Waals surface area (Å²) >= 11 is 0. The number of hydrogen-bond donors (Lipinski definition) is 0. The minimum Gasteiger partial charge on any atom is -0.379 e. The second-order valence-electron chi connectivity index (χ2n) is 6.45. The summed E-state index contributed by atoms with van der Waals surface area (Å²) in [5, 5.41) is 12.8. The fraction of sp³-hybridized carbons (Fsp3) is 0.421. The molecule has 6 nitrogen and oxygen atoms in total. The molecule has 0 amide bonds. The maximum Gasteiger partial charge on any atom is 0.185 e. The molecule has 2 aromatic heterocycles. The summed E-state index contributed by atoms with van der Waals surface area (Å²) in [6, 6.07) is 11.3. The van der Waals surface area contributed by atoms with E-state index in [1.54, 1.807) is 10.8 Å². The maximum absolute atomic E-state index is 5.45. The minimum atomic E-state index is 0.398. The molecular weight excluding hydrogens is 314 g/mol. The van der Waals surface area contributed by atoms with E-state index in [-0.39, 0.29) is 0 Å². The summed E-state index contributed by atoms with van der Waals surface area (Å²) in [4.78, 5) is 2.47. The summed E-state index contributed by atoms with van der Waals surface area (Å²) in [6.07, 6.45) is 2.54. The van der Waals surface area contributed by atoms with E-state index in [0.717, 1.165) is 55.2 Å². The van der Waals surface area contributed by atoms with Crippen molar-refractivity contribution in [1.82, 2.24) is 24.7 Å². The van der Waals surface area contributed by atoms with Gasteiger partial charge in [-0.1, -0.05) is 31.2 Å². The SMILES string of the molecule is CCc1cc(-c2ccc(C(C)N3CCOCC3)cc2)c2nncn2n1. The molecule has 1 saturated heterocycles. The van der Waals surface area contributed by atoms with E-state index < -0.39 is 0 Å². The first-order chi connectivity index (χ1) is 12.3. The molecule has 6 heteroatoms. The Bertz CT molecular complexity index is 852. The van der Waals surface area contributed by atoms with E-state index in [4.69, 9.17) is 4.74 Å². The van der Waals surface area contributed by atoms with E-state index in [1.165, 1.54) is 5.56 Å². The van der Waals surface area contributed by atoms with Crippen molar-refractivity contribution in [2.75, 3.05) is 26.3 Å². The van der Waals surface area contributed by atoms with Gasteiger partial charge in [0.15, 0.2) is 5.65 Å². The van der Waals surface area contributed by atoms with E-state index >= 15 is 0 Å². The maximum atomic E-state index is 5.45. The van der Waals surface area contributed by atoms with Crippen molar-refractivity contribution in [1.29, 1.82) is 0 Å². The number of benzene rings is 1. The Kier molecular flexibility index (Phi) is 4.46. The van der Waals surface area contributed by atoms with Crippen LogP contribution in [0.15, 0.2) is 36.7 Å². The molecule has 1 aromatic carbocycles. The Hall–Kier alpha value is -2.31. The van der Waals surface area contributed by atoms with Crippen LogP contribution in [0.5, 0.6) is 0 Å². The summed E-state index contributed by atoms with van der Waals surface area (Å²) in [5.74, 6) is 0. The number of hydrogen-bond acceptors (Lipinski definition) is 5. The molecule has 0 aliphatic carbocycles. The molecule has 0 N–H and O–H groups in total. The molecule has 3 heterocycles. The van der Waals surface area contributed by atoms with Crippen molar-refractivity contribution in [3.05, 3.63) is 47.9 Å². The molecule has 4 rings (SSSR count). The van der Waals surface area contributed by atoms with Gasteiger partial charge in [-0.3, -0.25) is 4.90 Å². The van der Waals surface area contributed by atoms with Gasteiger partial charge in [0.2, 0.25) is 0 Å². The van der Waals surface area contributed by atoms with Crippen LogP contribution < -0.4 is 0 Å². The summed E-state index contributed by atoms with van der Waals surface area (Å²) in [7, 11) is 0. The lowest BCUT2D eigenvalue weighted by atomic mass is 10.0. The lowest BCUT2D eigenvalue weighted by molar-refractivity contribution is 0.0198. The number of ether oxygens (including phenoxy) is 1. The van der Waals surface area contributed by atoms with Crippen molar-refractivity contribution in [3.8, 4) is 11.1 Å².